The van der Waals surface area contributed by atoms with E-state index < -0.39 is 0 Å². The van der Waals surface area contributed by atoms with Crippen LogP contribution in [0.25, 0.3) is 0 Å². The first-order valence-electron chi connectivity index (χ1n) is 8.95. The molecule has 1 fully saturated rings. The Morgan fingerprint density at radius 1 is 1.00 bits per heavy atom. The molecule has 0 N–H and O–H groups in total. The molecule has 1 aliphatic rings. The number of benzene rings is 1. The highest BCUT2D eigenvalue weighted by molar-refractivity contribution is 8.00. The third-order valence-corrected chi connectivity index (χ3v) is 5.78. The fourth-order valence-corrected chi connectivity index (χ4v) is 4.00. The topological polar surface area (TPSA) is 67.5 Å². The molecule has 2 aromatic rings. The van der Waals surface area contributed by atoms with Crippen LogP contribution < -0.4 is 16.1 Å². The molecule has 8 heteroatoms. The Balaban J connectivity index is 1.65. The molecule has 2 heterocycles. The second kappa shape index (κ2) is 8.47. The van der Waals surface area contributed by atoms with Gasteiger partial charge in [0.2, 0.25) is 5.91 Å². The van der Waals surface area contributed by atoms with Crippen molar-refractivity contribution in [1.29, 1.82) is 0 Å². The van der Waals surface area contributed by atoms with Gasteiger partial charge in [-0.15, -0.1) is 11.8 Å². The van der Waals surface area contributed by atoms with Crippen molar-refractivity contribution in [3.63, 3.8) is 0 Å². The first-order chi connectivity index (χ1) is 13.0. The van der Waals surface area contributed by atoms with E-state index in [-0.39, 0.29) is 17.2 Å². The molecule has 0 bridgehead atoms. The number of hydrogen-bond acceptors (Lipinski definition) is 5. The van der Waals surface area contributed by atoms with Crippen LogP contribution in [0.1, 0.15) is 6.42 Å². The van der Waals surface area contributed by atoms with Gasteiger partial charge >= 0.3 is 5.69 Å². The molecule has 3 rings (SSSR count). The molecular weight excluding hydrogens is 364 g/mol. The molecule has 144 valence electrons. The van der Waals surface area contributed by atoms with Crippen LogP contribution in [-0.4, -0.2) is 51.9 Å². The Bertz CT molecular complexity index is 923. The molecule has 0 unspecified atom stereocenters. The van der Waals surface area contributed by atoms with Gasteiger partial charge in [0.25, 0.3) is 5.56 Å². The molecule has 0 spiro atoms. The Kier molecular flexibility index (Phi) is 6.05. The van der Waals surface area contributed by atoms with Crippen molar-refractivity contribution < 1.29 is 4.79 Å². The van der Waals surface area contributed by atoms with Crippen LogP contribution in [0.4, 0.5) is 5.82 Å². The number of anilines is 1. The molecule has 0 radical (unpaired) electrons. The van der Waals surface area contributed by atoms with E-state index in [4.69, 9.17) is 0 Å². The van der Waals surface area contributed by atoms with Gasteiger partial charge in [0.15, 0.2) is 0 Å². The van der Waals surface area contributed by atoms with Crippen LogP contribution in [-0.2, 0) is 18.9 Å². The molecule has 27 heavy (non-hydrogen) atoms. The largest absolute Gasteiger partial charge is 0.356 e. The summed E-state index contributed by atoms with van der Waals surface area (Å²) < 4.78 is 2.59. The predicted octanol–water partition coefficient (Wildman–Crippen LogP) is 0.915. The summed E-state index contributed by atoms with van der Waals surface area (Å²) in [5, 5.41) is 0. The number of nitrogens with zero attached hydrogens (tertiary/aromatic N) is 4. The Hall–Kier alpha value is -2.48. The van der Waals surface area contributed by atoms with E-state index in [1.54, 1.807) is 7.05 Å². The quantitative estimate of drug-likeness (QED) is 0.729. The van der Waals surface area contributed by atoms with Crippen LogP contribution in [0.3, 0.4) is 0 Å². The summed E-state index contributed by atoms with van der Waals surface area (Å²) in [4.78, 5) is 41.7. The molecule has 1 amide bonds. The lowest BCUT2D eigenvalue weighted by Crippen LogP contribution is -2.41. The van der Waals surface area contributed by atoms with Gasteiger partial charge in [0.1, 0.15) is 5.82 Å². The average molecular weight is 388 g/mol. The molecule has 1 saturated heterocycles. The zero-order valence-electron chi connectivity index (χ0n) is 15.6. The second-order valence-corrected chi connectivity index (χ2v) is 7.61. The van der Waals surface area contributed by atoms with Crippen molar-refractivity contribution in [1.82, 2.24) is 14.0 Å². The third-order valence-electron chi connectivity index (χ3n) is 4.78. The minimum atomic E-state index is -0.339. The molecule has 1 aromatic carbocycles. The van der Waals surface area contributed by atoms with Gasteiger partial charge in [0.05, 0.1) is 5.75 Å². The van der Waals surface area contributed by atoms with Crippen molar-refractivity contribution in [2.45, 2.75) is 11.3 Å². The zero-order valence-corrected chi connectivity index (χ0v) is 16.4. The van der Waals surface area contributed by atoms with Crippen LogP contribution in [0.2, 0.25) is 0 Å². The normalized spacial score (nSPS) is 14.9. The number of amides is 1. The van der Waals surface area contributed by atoms with E-state index >= 15 is 0 Å². The number of thioether (sulfide) groups is 1. The fraction of sp³-hybridized carbons (Fsp3) is 0.421. The smallest absolute Gasteiger partial charge is 0.332 e. The van der Waals surface area contributed by atoms with Gasteiger partial charge in [-0.25, -0.2) is 4.79 Å². The van der Waals surface area contributed by atoms with Crippen molar-refractivity contribution in [3.8, 4) is 0 Å². The third kappa shape index (κ3) is 4.44. The van der Waals surface area contributed by atoms with E-state index in [0.29, 0.717) is 37.7 Å². The number of rotatable bonds is 4. The Morgan fingerprint density at radius 3 is 2.48 bits per heavy atom. The maximum atomic E-state index is 12.6. The van der Waals surface area contributed by atoms with E-state index in [2.05, 4.69) is 0 Å². The minimum absolute atomic E-state index is 0.114. The van der Waals surface area contributed by atoms with E-state index in [1.807, 2.05) is 40.1 Å². The summed E-state index contributed by atoms with van der Waals surface area (Å²) in [6.45, 7) is 2.57. The molecule has 1 aliphatic heterocycles. The van der Waals surface area contributed by atoms with Crippen molar-refractivity contribution in [2.75, 3.05) is 36.8 Å². The second-order valence-electron chi connectivity index (χ2n) is 6.56. The van der Waals surface area contributed by atoms with Gasteiger partial charge in [-0.05, 0) is 18.6 Å². The molecule has 0 atom stereocenters. The molecule has 0 aliphatic carbocycles. The van der Waals surface area contributed by atoms with Gasteiger partial charge in [-0.2, -0.15) is 0 Å². The predicted molar refractivity (Wildman–Crippen MR) is 108 cm³/mol. The van der Waals surface area contributed by atoms with Crippen molar-refractivity contribution >= 4 is 23.5 Å². The lowest BCUT2D eigenvalue weighted by Gasteiger charge is -2.25. The highest BCUT2D eigenvalue weighted by Gasteiger charge is 2.21. The fourth-order valence-electron chi connectivity index (χ4n) is 3.17. The van der Waals surface area contributed by atoms with E-state index in [9.17, 15) is 14.4 Å². The summed E-state index contributed by atoms with van der Waals surface area (Å²) >= 11 is 1.54. The van der Waals surface area contributed by atoms with Crippen LogP contribution in [0, 0.1) is 0 Å². The highest BCUT2D eigenvalue weighted by atomic mass is 32.2. The Labute approximate surface area is 162 Å². The standard InChI is InChI=1S/C19H24N4O3S/c1-20-16(13-17(24)21(2)19(20)26)22-9-6-10-23(12-11-22)18(25)14-27-15-7-4-3-5-8-15/h3-5,7-8,13H,6,9-12,14H2,1-2H3. The molecule has 1 aromatic heterocycles. The molecule has 7 nitrogen and oxygen atoms in total. The molecular formula is C19H24N4O3S. The highest BCUT2D eigenvalue weighted by Crippen LogP contribution is 2.18. The summed E-state index contributed by atoms with van der Waals surface area (Å²) in [6, 6.07) is 11.4. The van der Waals surface area contributed by atoms with Gasteiger partial charge in [0, 0.05) is 51.2 Å². The lowest BCUT2D eigenvalue weighted by atomic mass is 10.3. The SMILES string of the molecule is Cn1c(N2CCCN(C(=O)CSc3ccccc3)CC2)cc(=O)n(C)c1=O. The van der Waals surface area contributed by atoms with Crippen molar-refractivity contribution in [3.05, 3.63) is 57.2 Å². The zero-order chi connectivity index (χ0) is 19.4. The maximum absolute atomic E-state index is 12.6. The monoisotopic (exact) mass is 388 g/mol. The van der Waals surface area contributed by atoms with Gasteiger partial charge < -0.3 is 9.80 Å². The van der Waals surface area contributed by atoms with Crippen LogP contribution >= 0.6 is 11.8 Å². The van der Waals surface area contributed by atoms with Gasteiger partial charge in [-0.1, -0.05) is 18.2 Å². The minimum Gasteiger partial charge on any atom is -0.356 e. The van der Waals surface area contributed by atoms with E-state index in [1.165, 1.54) is 29.4 Å². The maximum Gasteiger partial charge on any atom is 0.332 e. The summed E-state index contributed by atoms with van der Waals surface area (Å²) in [6.07, 6.45) is 0.797. The van der Waals surface area contributed by atoms with Crippen LogP contribution in [0.15, 0.2) is 50.9 Å². The van der Waals surface area contributed by atoms with Crippen LogP contribution in [0.5, 0.6) is 0 Å². The van der Waals surface area contributed by atoms with E-state index in [0.717, 1.165) is 15.9 Å². The summed E-state index contributed by atoms with van der Waals surface area (Å²) in [5.74, 6) is 1.13. The number of aromatic nitrogens is 2. The number of carbonyl (C=O) groups is 1. The first kappa shape index (κ1) is 19.3. The van der Waals surface area contributed by atoms with Crippen molar-refractivity contribution in [2.24, 2.45) is 14.1 Å². The summed E-state index contributed by atoms with van der Waals surface area (Å²) in [7, 11) is 3.14. The first-order valence-corrected chi connectivity index (χ1v) is 9.93. The lowest BCUT2D eigenvalue weighted by molar-refractivity contribution is -0.128. The Morgan fingerprint density at radius 2 is 1.74 bits per heavy atom. The van der Waals surface area contributed by atoms with Gasteiger partial charge in [-0.3, -0.25) is 18.7 Å². The number of carbonyl (C=O) groups excluding carboxylic acids is 1. The average Bonchev–Trinajstić information content (AvgIpc) is 2.94. The summed E-state index contributed by atoms with van der Waals surface area (Å²) in [5.41, 5.74) is -0.654. The molecule has 0 saturated carbocycles. The number of hydrogen-bond donors (Lipinski definition) is 0.